The number of aromatic nitrogens is 2. The summed E-state index contributed by atoms with van der Waals surface area (Å²) in [5, 5.41) is 21.1. The molecule has 2 heterocycles. The monoisotopic (exact) mass is 471 g/mol. The number of nitrogens with zero attached hydrogens (tertiary/aromatic N) is 3. The molecule has 1 atom stereocenters. The summed E-state index contributed by atoms with van der Waals surface area (Å²) in [6.07, 6.45) is 3.68. The molecule has 1 saturated heterocycles. The van der Waals surface area contributed by atoms with Crippen LogP contribution in [0.3, 0.4) is 0 Å². The van der Waals surface area contributed by atoms with Gasteiger partial charge < -0.3 is 25.4 Å². The lowest BCUT2D eigenvalue weighted by Gasteiger charge is -2.14. The number of nitrogens with one attached hydrogen (secondary N) is 2. The van der Waals surface area contributed by atoms with Gasteiger partial charge in [0.25, 0.3) is 0 Å². The number of para-hydroxylation sites is 1. The molecule has 3 aromatic carbocycles. The molecule has 180 valence electrons. The molecule has 35 heavy (non-hydrogen) atoms. The summed E-state index contributed by atoms with van der Waals surface area (Å²) in [7, 11) is 0. The Balaban J connectivity index is 1.15. The number of ether oxygens (including phenoxy) is 1. The van der Waals surface area contributed by atoms with Crippen LogP contribution >= 0.6 is 0 Å². The average molecular weight is 472 g/mol. The molecule has 4 aromatic rings. The van der Waals surface area contributed by atoms with Crippen LogP contribution in [-0.2, 0) is 6.54 Å². The number of likely N-dealkylation sites (tertiary alicyclic amines) is 1. The van der Waals surface area contributed by atoms with Gasteiger partial charge in [-0.2, -0.15) is 5.10 Å². The third kappa shape index (κ3) is 6.17. The van der Waals surface area contributed by atoms with Gasteiger partial charge >= 0.3 is 6.03 Å². The quantitative estimate of drug-likeness (QED) is 0.339. The number of carbonyl (C=O) groups excluding carboxylic acids is 1. The van der Waals surface area contributed by atoms with E-state index in [1.165, 1.54) is 0 Å². The number of hydrogen-bond donors (Lipinski definition) is 3. The SMILES string of the molecule is O=C(Nc1cccc(Oc2ccccc2)c1)Nc1ccc2cn(CCCN3CCC(O)C3)nc2c1. The van der Waals surface area contributed by atoms with Crippen LogP contribution in [0.25, 0.3) is 10.9 Å². The summed E-state index contributed by atoms with van der Waals surface area (Å²) in [6.45, 7) is 3.50. The van der Waals surface area contributed by atoms with Crippen LogP contribution in [0.5, 0.6) is 11.5 Å². The first-order valence-electron chi connectivity index (χ1n) is 11.9. The third-order valence-electron chi connectivity index (χ3n) is 5.99. The third-order valence-corrected chi connectivity index (χ3v) is 5.99. The second kappa shape index (κ2) is 10.6. The molecule has 8 nitrogen and oxygen atoms in total. The summed E-state index contributed by atoms with van der Waals surface area (Å²) >= 11 is 0. The number of rotatable bonds is 8. The van der Waals surface area contributed by atoms with E-state index in [1.807, 2.05) is 77.6 Å². The molecule has 1 aromatic heterocycles. The van der Waals surface area contributed by atoms with Crippen molar-refractivity contribution in [3.05, 3.63) is 79.0 Å². The predicted molar refractivity (Wildman–Crippen MR) is 137 cm³/mol. The van der Waals surface area contributed by atoms with E-state index in [0.29, 0.717) is 17.1 Å². The Morgan fingerprint density at radius 1 is 0.971 bits per heavy atom. The Kier molecular flexibility index (Phi) is 6.92. The molecule has 1 aliphatic heterocycles. The number of aliphatic hydroxyl groups is 1. The molecule has 0 spiro atoms. The van der Waals surface area contributed by atoms with E-state index in [9.17, 15) is 9.90 Å². The van der Waals surface area contributed by atoms with Crippen LogP contribution in [0.15, 0.2) is 79.0 Å². The highest BCUT2D eigenvalue weighted by molar-refractivity contribution is 6.01. The number of carbonyl (C=O) groups is 1. The van der Waals surface area contributed by atoms with Crippen molar-refractivity contribution in [3.63, 3.8) is 0 Å². The van der Waals surface area contributed by atoms with Crippen molar-refractivity contribution in [1.29, 1.82) is 0 Å². The first-order valence-corrected chi connectivity index (χ1v) is 11.9. The van der Waals surface area contributed by atoms with Crippen LogP contribution in [0.1, 0.15) is 12.8 Å². The van der Waals surface area contributed by atoms with Crippen LogP contribution in [0, 0.1) is 0 Å². The van der Waals surface area contributed by atoms with Gasteiger partial charge in [0.05, 0.1) is 11.6 Å². The summed E-state index contributed by atoms with van der Waals surface area (Å²) in [5.41, 5.74) is 2.13. The number of urea groups is 1. The van der Waals surface area contributed by atoms with E-state index < -0.39 is 0 Å². The lowest BCUT2D eigenvalue weighted by molar-refractivity contribution is 0.175. The minimum absolute atomic E-state index is 0.183. The number of hydrogen-bond acceptors (Lipinski definition) is 5. The maximum atomic E-state index is 12.6. The van der Waals surface area contributed by atoms with E-state index in [0.717, 1.165) is 55.7 Å². The van der Waals surface area contributed by atoms with E-state index in [1.54, 1.807) is 6.07 Å². The summed E-state index contributed by atoms with van der Waals surface area (Å²) < 4.78 is 7.78. The topological polar surface area (TPSA) is 91.7 Å². The second-order valence-corrected chi connectivity index (χ2v) is 8.78. The first kappa shape index (κ1) is 22.9. The molecule has 8 heteroatoms. The molecule has 1 unspecified atom stereocenters. The molecule has 3 N–H and O–H groups in total. The Labute approximate surface area is 204 Å². The number of amides is 2. The summed E-state index contributed by atoms with van der Waals surface area (Å²) in [6, 6.07) is 22.1. The van der Waals surface area contributed by atoms with E-state index in [2.05, 4.69) is 20.6 Å². The molecule has 1 fully saturated rings. The van der Waals surface area contributed by atoms with Crippen LogP contribution in [-0.4, -0.2) is 51.6 Å². The zero-order chi connectivity index (χ0) is 24.0. The zero-order valence-electron chi connectivity index (χ0n) is 19.4. The van der Waals surface area contributed by atoms with Gasteiger partial charge in [0, 0.05) is 55.2 Å². The van der Waals surface area contributed by atoms with Crippen LogP contribution < -0.4 is 15.4 Å². The average Bonchev–Trinajstić information content (AvgIpc) is 3.45. The predicted octanol–water partition coefficient (Wildman–Crippen LogP) is 4.93. The highest BCUT2D eigenvalue weighted by Crippen LogP contribution is 2.24. The van der Waals surface area contributed by atoms with Crippen molar-refractivity contribution in [1.82, 2.24) is 14.7 Å². The fraction of sp³-hybridized carbons (Fsp3) is 0.259. The van der Waals surface area contributed by atoms with Crippen molar-refractivity contribution in [3.8, 4) is 11.5 Å². The number of β-amino-alcohol motifs (C(OH)–C–C–N with tert-alkyl or cyclic N) is 1. The highest BCUT2D eigenvalue weighted by atomic mass is 16.5. The van der Waals surface area contributed by atoms with Crippen LogP contribution in [0.2, 0.25) is 0 Å². The standard InChI is InChI=1S/C27H29N5O3/c33-23-12-15-31(19-23)13-5-14-32-18-20-10-11-22(17-26(20)30-32)29-27(34)28-21-6-4-9-25(16-21)35-24-7-2-1-3-8-24/h1-4,6-11,16-18,23,33H,5,12-15,19H2,(H2,28,29,34). The molecule has 2 amide bonds. The van der Waals surface area contributed by atoms with Crippen molar-refractivity contribution in [2.75, 3.05) is 30.3 Å². The van der Waals surface area contributed by atoms with Crippen molar-refractivity contribution >= 4 is 28.3 Å². The Morgan fingerprint density at radius 3 is 2.57 bits per heavy atom. The molecule has 0 radical (unpaired) electrons. The largest absolute Gasteiger partial charge is 0.457 e. The van der Waals surface area contributed by atoms with E-state index >= 15 is 0 Å². The first-order chi connectivity index (χ1) is 17.1. The Hall–Kier alpha value is -3.88. The highest BCUT2D eigenvalue weighted by Gasteiger charge is 2.19. The van der Waals surface area contributed by atoms with Gasteiger partial charge in [-0.15, -0.1) is 0 Å². The molecule has 1 aliphatic rings. The lowest BCUT2D eigenvalue weighted by Crippen LogP contribution is -2.24. The smallest absolute Gasteiger partial charge is 0.323 e. The minimum atomic E-state index is -0.339. The molecule has 5 rings (SSSR count). The lowest BCUT2D eigenvalue weighted by atomic mass is 10.2. The maximum absolute atomic E-state index is 12.6. The van der Waals surface area contributed by atoms with Crippen molar-refractivity contribution < 1.29 is 14.6 Å². The van der Waals surface area contributed by atoms with Crippen molar-refractivity contribution in [2.45, 2.75) is 25.5 Å². The molecular weight excluding hydrogens is 442 g/mol. The zero-order valence-corrected chi connectivity index (χ0v) is 19.4. The maximum Gasteiger partial charge on any atom is 0.323 e. The van der Waals surface area contributed by atoms with Gasteiger partial charge in [0.15, 0.2) is 0 Å². The Morgan fingerprint density at radius 2 is 1.77 bits per heavy atom. The molecule has 0 aliphatic carbocycles. The molecule has 0 bridgehead atoms. The van der Waals surface area contributed by atoms with Gasteiger partial charge in [-0.1, -0.05) is 24.3 Å². The second-order valence-electron chi connectivity index (χ2n) is 8.78. The number of fused-ring (bicyclic) bond motifs is 1. The van der Waals surface area contributed by atoms with Crippen LogP contribution in [0.4, 0.5) is 16.2 Å². The normalized spacial score (nSPS) is 15.9. The fourth-order valence-corrected chi connectivity index (χ4v) is 4.29. The Bertz CT molecular complexity index is 1290. The number of aliphatic hydroxyl groups excluding tert-OH is 1. The van der Waals surface area contributed by atoms with Gasteiger partial charge in [-0.3, -0.25) is 4.68 Å². The van der Waals surface area contributed by atoms with Gasteiger partial charge in [-0.05, 0) is 55.3 Å². The van der Waals surface area contributed by atoms with E-state index in [-0.39, 0.29) is 12.1 Å². The number of aryl methyl sites for hydroxylation is 1. The molecule has 0 saturated carbocycles. The van der Waals surface area contributed by atoms with Crippen molar-refractivity contribution in [2.24, 2.45) is 0 Å². The van der Waals surface area contributed by atoms with Gasteiger partial charge in [-0.25, -0.2) is 4.79 Å². The van der Waals surface area contributed by atoms with E-state index in [4.69, 9.17) is 4.74 Å². The minimum Gasteiger partial charge on any atom is -0.457 e. The van der Waals surface area contributed by atoms with Gasteiger partial charge in [0.2, 0.25) is 0 Å². The fourth-order valence-electron chi connectivity index (χ4n) is 4.29. The molecular formula is C27H29N5O3. The number of anilines is 2. The summed E-state index contributed by atoms with van der Waals surface area (Å²) in [4.78, 5) is 14.9. The van der Waals surface area contributed by atoms with Gasteiger partial charge in [0.1, 0.15) is 11.5 Å². The summed E-state index contributed by atoms with van der Waals surface area (Å²) in [5.74, 6) is 1.37. The number of benzene rings is 3.